The van der Waals surface area contributed by atoms with E-state index < -0.39 is 0 Å². The highest BCUT2D eigenvalue weighted by atomic mass is 16.3. The van der Waals surface area contributed by atoms with Crippen LogP contribution in [0.3, 0.4) is 0 Å². The molecule has 0 unspecified atom stereocenters. The van der Waals surface area contributed by atoms with Gasteiger partial charge in [-0.05, 0) is 31.9 Å². The Morgan fingerprint density at radius 2 is 1.92 bits per heavy atom. The molecule has 2 aromatic rings. The fourth-order valence-electron chi connectivity index (χ4n) is 3.33. The summed E-state index contributed by atoms with van der Waals surface area (Å²) in [5, 5.41) is 0. The molecule has 1 aromatic carbocycles. The molecule has 5 nitrogen and oxygen atoms in total. The van der Waals surface area contributed by atoms with Crippen LogP contribution in [-0.4, -0.2) is 29.3 Å². The Hall–Kier alpha value is -2.56. The lowest BCUT2D eigenvalue weighted by molar-refractivity contribution is -0.137. The number of carbonyl (C=O) groups is 2. The summed E-state index contributed by atoms with van der Waals surface area (Å²) in [6, 6.07) is 13.9. The van der Waals surface area contributed by atoms with Gasteiger partial charge in [0.2, 0.25) is 11.8 Å². The van der Waals surface area contributed by atoms with Crippen LogP contribution in [0, 0.1) is 5.92 Å². The van der Waals surface area contributed by atoms with Crippen LogP contribution in [0.1, 0.15) is 31.9 Å². The summed E-state index contributed by atoms with van der Waals surface area (Å²) < 4.78 is 5.85. The molecule has 2 heterocycles. The summed E-state index contributed by atoms with van der Waals surface area (Å²) in [5.41, 5.74) is 6.43. The molecule has 3 rings (SSSR count). The first kappa shape index (κ1) is 17.3. The number of hydrogen-bond donors (Lipinski definition) is 1. The van der Waals surface area contributed by atoms with Gasteiger partial charge in [-0.2, -0.15) is 0 Å². The van der Waals surface area contributed by atoms with E-state index >= 15 is 0 Å². The predicted octanol–water partition coefficient (Wildman–Crippen LogP) is 2.99. The third kappa shape index (κ3) is 4.10. The van der Waals surface area contributed by atoms with Crippen LogP contribution in [0.25, 0.3) is 11.3 Å². The van der Waals surface area contributed by atoms with E-state index in [0.29, 0.717) is 19.4 Å². The third-order valence-electron chi connectivity index (χ3n) is 4.91. The zero-order valence-electron chi connectivity index (χ0n) is 14.5. The number of primary amides is 1. The fourth-order valence-corrected chi connectivity index (χ4v) is 3.33. The molecule has 0 spiro atoms. The van der Waals surface area contributed by atoms with Crippen molar-refractivity contribution in [3.63, 3.8) is 0 Å². The van der Waals surface area contributed by atoms with E-state index in [2.05, 4.69) is 0 Å². The number of furan rings is 1. The molecule has 2 amide bonds. The number of benzene rings is 1. The van der Waals surface area contributed by atoms with Gasteiger partial charge >= 0.3 is 0 Å². The minimum absolute atomic E-state index is 0.0520. The number of aryl methyl sites for hydroxylation is 1. The highest BCUT2D eigenvalue weighted by Gasteiger charge is 2.31. The van der Waals surface area contributed by atoms with Gasteiger partial charge in [0.15, 0.2) is 0 Å². The SMILES string of the molecule is C[C@H]1CC[C@H](C(N)=O)CN1C(=O)CCc1ccc(-c2ccccc2)o1. The van der Waals surface area contributed by atoms with Crippen LogP contribution in [0.2, 0.25) is 0 Å². The van der Waals surface area contributed by atoms with Crippen molar-refractivity contribution in [2.75, 3.05) is 6.54 Å². The normalized spacial score (nSPS) is 20.4. The van der Waals surface area contributed by atoms with Crippen LogP contribution in [0.5, 0.6) is 0 Å². The Kier molecular flexibility index (Phi) is 5.22. The largest absolute Gasteiger partial charge is 0.461 e. The van der Waals surface area contributed by atoms with E-state index in [-0.39, 0.29) is 23.8 Å². The van der Waals surface area contributed by atoms with Gasteiger partial charge in [-0.3, -0.25) is 9.59 Å². The molecule has 1 aliphatic heterocycles. The second-order valence-corrected chi connectivity index (χ2v) is 6.70. The Bertz CT molecular complexity index is 738. The highest BCUT2D eigenvalue weighted by Crippen LogP contribution is 2.25. The topological polar surface area (TPSA) is 76.5 Å². The number of hydrogen-bond acceptors (Lipinski definition) is 3. The second-order valence-electron chi connectivity index (χ2n) is 6.70. The lowest BCUT2D eigenvalue weighted by atomic mass is 9.92. The summed E-state index contributed by atoms with van der Waals surface area (Å²) >= 11 is 0. The molecule has 2 atom stereocenters. The third-order valence-corrected chi connectivity index (χ3v) is 4.91. The number of likely N-dealkylation sites (tertiary alicyclic amines) is 1. The van der Waals surface area contributed by atoms with E-state index in [1.807, 2.05) is 49.4 Å². The van der Waals surface area contributed by atoms with Gasteiger partial charge in [0.1, 0.15) is 11.5 Å². The number of amides is 2. The average Bonchev–Trinajstić information content (AvgIpc) is 3.09. The zero-order valence-corrected chi connectivity index (χ0v) is 14.5. The van der Waals surface area contributed by atoms with Crippen LogP contribution in [0.4, 0.5) is 0 Å². The maximum absolute atomic E-state index is 12.6. The van der Waals surface area contributed by atoms with E-state index in [4.69, 9.17) is 10.2 Å². The molecule has 25 heavy (non-hydrogen) atoms. The van der Waals surface area contributed by atoms with Crippen molar-refractivity contribution >= 4 is 11.8 Å². The Balaban J connectivity index is 1.59. The number of nitrogens with two attached hydrogens (primary N) is 1. The first-order valence-corrected chi connectivity index (χ1v) is 8.77. The number of piperidine rings is 1. The van der Waals surface area contributed by atoms with Crippen LogP contribution in [-0.2, 0) is 16.0 Å². The van der Waals surface area contributed by atoms with Crippen molar-refractivity contribution in [2.24, 2.45) is 11.7 Å². The summed E-state index contributed by atoms with van der Waals surface area (Å²) in [7, 11) is 0. The molecule has 1 fully saturated rings. The van der Waals surface area contributed by atoms with Crippen molar-refractivity contribution in [1.82, 2.24) is 4.90 Å². The molecular formula is C20H24N2O3. The second kappa shape index (κ2) is 7.55. The number of rotatable bonds is 5. The molecule has 2 N–H and O–H groups in total. The molecule has 1 saturated heterocycles. The van der Waals surface area contributed by atoms with Gasteiger partial charge in [-0.15, -0.1) is 0 Å². The maximum atomic E-state index is 12.6. The molecule has 0 saturated carbocycles. The van der Waals surface area contributed by atoms with E-state index in [0.717, 1.165) is 29.9 Å². The Morgan fingerprint density at radius 1 is 1.16 bits per heavy atom. The van der Waals surface area contributed by atoms with Crippen LogP contribution < -0.4 is 5.73 Å². The van der Waals surface area contributed by atoms with Crippen LogP contribution >= 0.6 is 0 Å². The van der Waals surface area contributed by atoms with E-state index in [1.165, 1.54) is 0 Å². The van der Waals surface area contributed by atoms with Crippen molar-refractivity contribution in [2.45, 2.75) is 38.6 Å². The molecule has 0 aliphatic carbocycles. The number of carbonyl (C=O) groups excluding carboxylic acids is 2. The van der Waals surface area contributed by atoms with Crippen molar-refractivity contribution in [3.05, 3.63) is 48.2 Å². The van der Waals surface area contributed by atoms with Gasteiger partial charge in [0, 0.05) is 31.0 Å². The van der Waals surface area contributed by atoms with Gasteiger partial charge in [-0.1, -0.05) is 30.3 Å². The highest BCUT2D eigenvalue weighted by molar-refractivity contribution is 5.80. The summed E-state index contributed by atoms with van der Waals surface area (Å²) in [4.78, 5) is 25.8. The maximum Gasteiger partial charge on any atom is 0.223 e. The molecular weight excluding hydrogens is 316 g/mol. The van der Waals surface area contributed by atoms with Crippen molar-refractivity contribution in [3.8, 4) is 11.3 Å². The lowest BCUT2D eigenvalue weighted by Crippen LogP contribution is -2.48. The Labute approximate surface area is 147 Å². The lowest BCUT2D eigenvalue weighted by Gasteiger charge is -2.37. The first-order chi connectivity index (χ1) is 12.0. The van der Waals surface area contributed by atoms with E-state index in [9.17, 15) is 9.59 Å². The minimum atomic E-state index is -0.316. The molecule has 0 bridgehead atoms. The van der Waals surface area contributed by atoms with Crippen molar-refractivity contribution < 1.29 is 14.0 Å². The van der Waals surface area contributed by atoms with Gasteiger partial charge < -0.3 is 15.1 Å². The van der Waals surface area contributed by atoms with E-state index in [1.54, 1.807) is 4.90 Å². The summed E-state index contributed by atoms with van der Waals surface area (Å²) in [5.74, 6) is 1.11. The Morgan fingerprint density at radius 3 is 2.64 bits per heavy atom. The average molecular weight is 340 g/mol. The smallest absolute Gasteiger partial charge is 0.223 e. The van der Waals surface area contributed by atoms with Gasteiger partial charge in [0.05, 0.1) is 5.92 Å². The molecule has 1 aromatic heterocycles. The minimum Gasteiger partial charge on any atom is -0.461 e. The quantitative estimate of drug-likeness (QED) is 0.909. The number of nitrogens with zero attached hydrogens (tertiary/aromatic N) is 1. The first-order valence-electron chi connectivity index (χ1n) is 8.77. The molecule has 1 aliphatic rings. The van der Waals surface area contributed by atoms with Crippen LogP contribution in [0.15, 0.2) is 46.9 Å². The monoisotopic (exact) mass is 340 g/mol. The van der Waals surface area contributed by atoms with Gasteiger partial charge in [-0.25, -0.2) is 0 Å². The predicted molar refractivity (Wildman–Crippen MR) is 95.6 cm³/mol. The van der Waals surface area contributed by atoms with Crippen molar-refractivity contribution in [1.29, 1.82) is 0 Å². The standard InChI is InChI=1S/C20H24N2O3/c1-14-7-8-16(20(21)24)13-22(14)19(23)12-10-17-9-11-18(25-17)15-5-3-2-4-6-15/h2-6,9,11,14,16H,7-8,10,12-13H2,1H3,(H2,21,24)/t14-,16-/m0/s1. The summed E-state index contributed by atoms with van der Waals surface area (Å²) in [6.07, 6.45) is 2.50. The summed E-state index contributed by atoms with van der Waals surface area (Å²) in [6.45, 7) is 2.46. The zero-order chi connectivity index (χ0) is 17.8. The molecule has 0 radical (unpaired) electrons. The fraction of sp³-hybridized carbons (Fsp3) is 0.400. The van der Waals surface area contributed by atoms with Gasteiger partial charge in [0.25, 0.3) is 0 Å². The molecule has 132 valence electrons. The molecule has 5 heteroatoms.